The van der Waals surface area contributed by atoms with Crippen LogP contribution in [-0.2, 0) is 14.6 Å². The van der Waals surface area contributed by atoms with E-state index in [1.54, 1.807) is 20.8 Å². The van der Waals surface area contributed by atoms with Crippen LogP contribution in [0.3, 0.4) is 0 Å². The van der Waals surface area contributed by atoms with Crippen LogP contribution in [0.2, 0.25) is 0 Å². The normalized spacial score (nSPS) is 13.9. The molecule has 0 rings (SSSR count). The van der Waals surface area contributed by atoms with Gasteiger partial charge in [-0.3, -0.25) is 0 Å². The second kappa shape index (κ2) is 5.19. The Morgan fingerprint density at radius 3 is 2.38 bits per heavy atom. The molecular formula is C9H18NO3. The Balaban J connectivity index is 3.83. The first-order chi connectivity index (χ1) is 5.87. The van der Waals surface area contributed by atoms with Gasteiger partial charge in [0.25, 0.3) is 0 Å². The molecule has 0 bridgehead atoms. The van der Waals surface area contributed by atoms with Crippen molar-refractivity contribution in [2.75, 3.05) is 13.1 Å². The zero-order chi connectivity index (χ0) is 10.5. The van der Waals surface area contributed by atoms with Crippen molar-refractivity contribution in [2.45, 2.75) is 39.4 Å². The summed E-state index contributed by atoms with van der Waals surface area (Å²) in [5.41, 5.74) is -0.577. The molecule has 0 amide bonds. The fourth-order valence-electron chi connectivity index (χ4n) is 0.726. The van der Waals surface area contributed by atoms with E-state index < -0.39 is 17.7 Å². The van der Waals surface area contributed by atoms with Crippen molar-refractivity contribution < 1.29 is 14.6 Å². The minimum absolute atomic E-state index is 0.130. The second-order valence-electron chi connectivity index (χ2n) is 3.83. The van der Waals surface area contributed by atoms with Gasteiger partial charge in [0.2, 0.25) is 6.10 Å². The average Bonchev–Trinajstić information content (AvgIpc) is 1.96. The topological polar surface area (TPSA) is 58.2 Å². The molecule has 0 aliphatic heterocycles. The number of hydrogen-bond acceptors (Lipinski definition) is 3. The number of hydrogen-bond donors (Lipinski definition) is 1. The number of carbonyl (C=O) groups is 1. The van der Waals surface area contributed by atoms with Crippen molar-refractivity contribution in [1.29, 1.82) is 0 Å². The molecule has 1 N–H and O–H groups in total. The predicted octanol–water partition coefficient (Wildman–Crippen LogP) is 0.737. The van der Waals surface area contributed by atoms with Crippen molar-refractivity contribution >= 4 is 5.97 Å². The van der Waals surface area contributed by atoms with Crippen LogP contribution < -0.4 is 5.32 Å². The van der Waals surface area contributed by atoms with Gasteiger partial charge in [-0.15, -0.1) is 0 Å². The monoisotopic (exact) mass is 188 g/mol. The number of likely N-dealkylation sites (N-methyl/N-ethyl adjacent to an activating group) is 1. The van der Waals surface area contributed by atoms with Crippen LogP contribution in [0, 0.1) is 0 Å². The van der Waals surface area contributed by atoms with Crippen molar-refractivity contribution in [3.05, 3.63) is 0 Å². The Kier molecular flexibility index (Phi) is 4.95. The zero-order valence-corrected chi connectivity index (χ0v) is 8.72. The lowest BCUT2D eigenvalue weighted by Gasteiger charge is -2.20. The van der Waals surface area contributed by atoms with E-state index in [0.717, 1.165) is 0 Å². The van der Waals surface area contributed by atoms with Crippen molar-refractivity contribution in [3.8, 4) is 0 Å². The van der Waals surface area contributed by atoms with Crippen molar-refractivity contribution in [2.24, 2.45) is 0 Å². The third kappa shape index (κ3) is 6.54. The minimum atomic E-state index is -1.32. The van der Waals surface area contributed by atoms with Crippen molar-refractivity contribution in [1.82, 2.24) is 5.32 Å². The van der Waals surface area contributed by atoms with Crippen LogP contribution in [-0.4, -0.2) is 30.8 Å². The molecule has 13 heavy (non-hydrogen) atoms. The summed E-state index contributed by atoms with van der Waals surface area (Å²) in [6.45, 7) is 7.91. The highest BCUT2D eigenvalue weighted by molar-refractivity contribution is 5.74. The number of ether oxygens (including phenoxy) is 1. The average molecular weight is 188 g/mol. The molecule has 0 aliphatic rings. The second-order valence-corrected chi connectivity index (χ2v) is 3.83. The van der Waals surface area contributed by atoms with Gasteiger partial charge in [-0.25, -0.2) is 9.90 Å². The first-order valence-corrected chi connectivity index (χ1v) is 4.46. The Bertz CT molecular complexity index is 163. The van der Waals surface area contributed by atoms with Crippen LogP contribution in [0.5, 0.6) is 0 Å². The van der Waals surface area contributed by atoms with Gasteiger partial charge in [0.15, 0.2) is 0 Å². The molecule has 0 saturated heterocycles. The van der Waals surface area contributed by atoms with Gasteiger partial charge in [-0.2, -0.15) is 0 Å². The molecule has 4 nitrogen and oxygen atoms in total. The summed E-state index contributed by atoms with van der Waals surface area (Å²) >= 11 is 0. The highest BCUT2D eigenvalue weighted by atomic mass is 16.6. The zero-order valence-electron chi connectivity index (χ0n) is 8.72. The summed E-state index contributed by atoms with van der Waals surface area (Å²) in [6.07, 6.45) is -1.32. The minimum Gasteiger partial charge on any atom is -0.458 e. The van der Waals surface area contributed by atoms with Crippen LogP contribution in [0.15, 0.2) is 0 Å². The van der Waals surface area contributed by atoms with Gasteiger partial charge in [0, 0.05) is 6.54 Å². The smallest absolute Gasteiger partial charge is 0.340 e. The van der Waals surface area contributed by atoms with Crippen LogP contribution in [0.4, 0.5) is 0 Å². The Hall–Kier alpha value is -0.610. The molecule has 77 valence electrons. The fourth-order valence-corrected chi connectivity index (χ4v) is 0.726. The largest absolute Gasteiger partial charge is 0.458 e. The molecule has 4 heteroatoms. The van der Waals surface area contributed by atoms with Crippen LogP contribution in [0.1, 0.15) is 27.7 Å². The Morgan fingerprint density at radius 1 is 1.46 bits per heavy atom. The molecule has 0 saturated carbocycles. The maximum absolute atomic E-state index is 11.1. The third-order valence-corrected chi connectivity index (χ3v) is 1.25. The number of nitrogens with one attached hydrogen (secondary N) is 1. The number of esters is 1. The molecular weight excluding hydrogens is 170 g/mol. The molecule has 1 atom stereocenters. The van der Waals surface area contributed by atoms with E-state index >= 15 is 0 Å². The molecule has 0 aromatic carbocycles. The highest BCUT2D eigenvalue weighted by Gasteiger charge is 2.23. The third-order valence-electron chi connectivity index (χ3n) is 1.25. The predicted molar refractivity (Wildman–Crippen MR) is 48.9 cm³/mol. The molecule has 0 aromatic rings. The Morgan fingerprint density at radius 2 is 2.00 bits per heavy atom. The lowest BCUT2D eigenvalue weighted by molar-refractivity contribution is -0.168. The lowest BCUT2D eigenvalue weighted by atomic mass is 10.2. The van der Waals surface area contributed by atoms with E-state index in [9.17, 15) is 9.90 Å². The molecule has 0 aromatic heterocycles. The van der Waals surface area contributed by atoms with Crippen LogP contribution >= 0.6 is 0 Å². The molecule has 1 unspecified atom stereocenters. The lowest BCUT2D eigenvalue weighted by Crippen LogP contribution is -2.37. The summed E-state index contributed by atoms with van der Waals surface area (Å²) in [4.78, 5) is 11.1. The van der Waals surface area contributed by atoms with E-state index in [4.69, 9.17) is 4.74 Å². The summed E-state index contributed by atoms with van der Waals surface area (Å²) in [6, 6.07) is 0. The quantitative estimate of drug-likeness (QED) is 0.662. The first-order valence-electron chi connectivity index (χ1n) is 4.46. The standard InChI is InChI=1S/C9H18NO3/c1-5-10-6-7(11)8(12)13-9(2,3)4/h7,10H,5-6H2,1-4H3. The molecule has 0 aliphatic carbocycles. The van der Waals surface area contributed by atoms with Gasteiger partial charge in [-0.05, 0) is 27.3 Å². The molecule has 0 fully saturated rings. The van der Waals surface area contributed by atoms with E-state index in [-0.39, 0.29) is 6.54 Å². The van der Waals surface area contributed by atoms with Crippen LogP contribution in [0.25, 0.3) is 0 Å². The number of rotatable bonds is 4. The number of carbonyl (C=O) groups excluding carboxylic acids is 1. The summed E-state index contributed by atoms with van der Waals surface area (Å²) < 4.78 is 4.91. The van der Waals surface area contributed by atoms with Gasteiger partial charge in [-0.1, -0.05) is 6.92 Å². The summed E-state index contributed by atoms with van der Waals surface area (Å²) in [5.74, 6) is -0.687. The van der Waals surface area contributed by atoms with Gasteiger partial charge in [0.05, 0.1) is 0 Å². The summed E-state index contributed by atoms with van der Waals surface area (Å²) in [5, 5.41) is 13.9. The maximum atomic E-state index is 11.1. The summed E-state index contributed by atoms with van der Waals surface area (Å²) in [7, 11) is 0. The van der Waals surface area contributed by atoms with E-state index in [1.165, 1.54) is 0 Å². The SMILES string of the molecule is CCNCC([O])C(=O)OC(C)(C)C. The van der Waals surface area contributed by atoms with E-state index in [0.29, 0.717) is 6.54 Å². The molecule has 0 heterocycles. The van der Waals surface area contributed by atoms with Gasteiger partial charge in [0.1, 0.15) is 5.60 Å². The highest BCUT2D eigenvalue weighted by Crippen LogP contribution is 2.08. The first kappa shape index (κ1) is 12.4. The Labute approximate surface area is 79.3 Å². The van der Waals surface area contributed by atoms with Crippen molar-refractivity contribution in [3.63, 3.8) is 0 Å². The van der Waals surface area contributed by atoms with E-state index in [1.807, 2.05) is 6.92 Å². The maximum Gasteiger partial charge on any atom is 0.340 e. The fraction of sp³-hybridized carbons (Fsp3) is 0.889. The van der Waals surface area contributed by atoms with E-state index in [2.05, 4.69) is 5.32 Å². The van der Waals surface area contributed by atoms with Gasteiger partial charge >= 0.3 is 5.97 Å². The van der Waals surface area contributed by atoms with Gasteiger partial charge < -0.3 is 10.1 Å². The molecule has 0 spiro atoms. The molecule has 1 radical (unpaired) electrons.